The molecule has 2 aromatic rings. The molecule has 0 fully saturated rings. The van der Waals surface area contributed by atoms with Gasteiger partial charge in [-0.1, -0.05) is 0 Å². The SMILES string of the molecule is CCOc1ccc2cc(C(C)=O)oc2c1. The highest BCUT2D eigenvalue weighted by molar-refractivity contribution is 5.96. The third-order valence-electron chi connectivity index (χ3n) is 2.15. The minimum Gasteiger partial charge on any atom is -0.494 e. The van der Waals surface area contributed by atoms with Crippen molar-refractivity contribution in [3.05, 3.63) is 30.0 Å². The first-order chi connectivity index (χ1) is 7.20. The van der Waals surface area contributed by atoms with E-state index in [1.807, 2.05) is 19.1 Å². The van der Waals surface area contributed by atoms with Crippen LogP contribution in [0.3, 0.4) is 0 Å². The van der Waals surface area contributed by atoms with E-state index in [0.29, 0.717) is 18.0 Å². The topological polar surface area (TPSA) is 39.4 Å². The molecule has 2 rings (SSSR count). The molecular weight excluding hydrogens is 192 g/mol. The molecule has 1 heterocycles. The van der Waals surface area contributed by atoms with E-state index in [-0.39, 0.29) is 5.78 Å². The zero-order valence-electron chi connectivity index (χ0n) is 8.74. The summed E-state index contributed by atoms with van der Waals surface area (Å²) in [5.41, 5.74) is 0.686. The number of benzene rings is 1. The van der Waals surface area contributed by atoms with Crippen molar-refractivity contribution in [2.24, 2.45) is 0 Å². The van der Waals surface area contributed by atoms with E-state index >= 15 is 0 Å². The Kier molecular flexibility index (Phi) is 2.46. The molecule has 78 valence electrons. The molecule has 0 radical (unpaired) electrons. The summed E-state index contributed by atoms with van der Waals surface area (Å²) in [4.78, 5) is 11.1. The van der Waals surface area contributed by atoms with Crippen LogP contribution in [0.2, 0.25) is 0 Å². The number of carbonyl (C=O) groups is 1. The van der Waals surface area contributed by atoms with Gasteiger partial charge >= 0.3 is 0 Å². The minimum atomic E-state index is -0.0656. The van der Waals surface area contributed by atoms with E-state index in [1.54, 1.807) is 12.1 Å². The zero-order valence-corrected chi connectivity index (χ0v) is 8.74. The lowest BCUT2D eigenvalue weighted by Gasteiger charge is -2.00. The average molecular weight is 204 g/mol. The number of carbonyl (C=O) groups excluding carboxylic acids is 1. The average Bonchev–Trinajstić information content (AvgIpc) is 2.61. The third-order valence-corrected chi connectivity index (χ3v) is 2.15. The fourth-order valence-corrected chi connectivity index (χ4v) is 1.44. The van der Waals surface area contributed by atoms with Gasteiger partial charge in [-0.15, -0.1) is 0 Å². The van der Waals surface area contributed by atoms with Gasteiger partial charge in [0, 0.05) is 18.4 Å². The van der Waals surface area contributed by atoms with Crippen LogP contribution >= 0.6 is 0 Å². The largest absolute Gasteiger partial charge is 0.494 e. The van der Waals surface area contributed by atoms with E-state index in [0.717, 1.165) is 11.1 Å². The summed E-state index contributed by atoms with van der Waals surface area (Å²) < 4.78 is 10.7. The van der Waals surface area contributed by atoms with Gasteiger partial charge in [0.05, 0.1) is 6.61 Å². The maximum Gasteiger partial charge on any atom is 0.194 e. The summed E-state index contributed by atoms with van der Waals surface area (Å²) in [5.74, 6) is 1.08. The lowest BCUT2D eigenvalue weighted by Crippen LogP contribution is -1.89. The Morgan fingerprint density at radius 3 is 2.87 bits per heavy atom. The predicted molar refractivity (Wildman–Crippen MR) is 57.4 cm³/mol. The molecule has 0 atom stereocenters. The number of ketones is 1. The smallest absolute Gasteiger partial charge is 0.194 e. The van der Waals surface area contributed by atoms with E-state index < -0.39 is 0 Å². The molecule has 0 unspecified atom stereocenters. The fourth-order valence-electron chi connectivity index (χ4n) is 1.44. The molecule has 3 heteroatoms. The van der Waals surface area contributed by atoms with Crippen LogP contribution in [-0.4, -0.2) is 12.4 Å². The Bertz CT molecular complexity index is 497. The van der Waals surface area contributed by atoms with Crippen LogP contribution in [0, 0.1) is 0 Å². The molecule has 0 aliphatic rings. The van der Waals surface area contributed by atoms with E-state index in [9.17, 15) is 4.79 Å². The standard InChI is InChI=1S/C12H12O3/c1-3-14-10-5-4-9-6-11(8(2)13)15-12(9)7-10/h4-7H,3H2,1-2H3. The van der Waals surface area contributed by atoms with Gasteiger partial charge in [0.2, 0.25) is 0 Å². The van der Waals surface area contributed by atoms with Crippen molar-refractivity contribution in [2.75, 3.05) is 6.61 Å². The van der Waals surface area contributed by atoms with E-state index in [4.69, 9.17) is 9.15 Å². The summed E-state index contributed by atoms with van der Waals surface area (Å²) >= 11 is 0. The summed E-state index contributed by atoms with van der Waals surface area (Å²) in [5, 5.41) is 0.920. The Morgan fingerprint density at radius 1 is 1.40 bits per heavy atom. The highest BCUT2D eigenvalue weighted by Crippen LogP contribution is 2.24. The normalized spacial score (nSPS) is 10.5. The van der Waals surface area contributed by atoms with Crippen molar-refractivity contribution < 1.29 is 13.9 Å². The lowest BCUT2D eigenvalue weighted by molar-refractivity contribution is 0.0989. The first-order valence-corrected chi connectivity index (χ1v) is 4.88. The molecule has 0 N–H and O–H groups in total. The third kappa shape index (κ3) is 1.86. The van der Waals surface area contributed by atoms with E-state index in [1.165, 1.54) is 6.92 Å². The molecule has 1 aromatic heterocycles. The molecule has 1 aromatic carbocycles. The zero-order chi connectivity index (χ0) is 10.8. The first kappa shape index (κ1) is 9.77. The van der Waals surface area contributed by atoms with Gasteiger partial charge < -0.3 is 9.15 Å². The van der Waals surface area contributed by atoms with Crippen molar-refractivity contribution in [1.82, 2.24) is 0 Å². The van der Waals surface area contributed by atoms with E-state index in [2.05, 4.69) is 0 Å². The molecule has 0 bridgehead atoms. The molecule has 0 aliphatic carbocycles. The van der Waals surface area contributed by atoms with Crippen molar-refractivity contribution in [3.63, 3.8) is 0 Å². The van der Waals surface area contributed by atoms with Crippen LogP contribution in [0.1, 0.15) is 24.4 Å². The Morgan fingerprint density at radius 2 is 2.20 bits per heavy atom. The number of rotatable bonds is 3. The molecule has 0 saturated heterocycles. The summed E-state index contributed by atoms with van der Waals surface area (Å²) in [6.07, 6.45) is 0. The summed E-state index contributed by atoms with van der Waals surface area (Å²) in [7, 11) is 0. The Labute approximate surface area is 87.6 Å². The number of ether oxygens (including phenoxy) is 1. The minimum absolute atomic E-state index is 0.0656. The van der Waals surface area contributed by atoms with Crippen LogP contribution in [0.25, 0.3) is 11.0 Å². The second-order valence-corrected chi connectivity index (χ2v) is 3.30. The van der Waals surface area contributed by atoms with Crippen molar-refractivity contribution >= 4 is 16.8 Å². The number of hydrogen-bond donors (Lipinski definition) is 0. The summed E-state index contributed by atoms with van der Waals surface area (Å²) in [6, 6.07) is 7.29. The van der Waals surface area contributed by atoms with Gasteiger partial charge in [-0.2, -0.15) is 0 Å². The molecule has 0 saturated carbocycles. The van der Waals surface area contributed by atoms with Crippen LogP contribution in [0.15, 0.2) is 28.7 Å². The molecule has 0 spiro atoms. The molecule has 0 aliphatic heterocycles. The van der Waals surface area contributed by atoms with Gasteiger partial charge in [-0.3, -0.25) is 4.79 Å². The van der Waals surface area contributed by atoms with Crippen LogP contribution in [0.5, 0.6) is 5.75 Å². The number of furan rings is 1. The number of fused-ring (bicyclic) bond motifs is 1. The molecule has 3 nitrogen and oxygen atoms in total. The van der Waals surface area contributed by atoms with Crippen molar-refractivity contribution in [2.45, 2.75) is 13.8 Å². The first-order valence-electron chi connectivity index (χ1n) is 4.88. The van der Waals surface area contributed by atoms with Crippen LogP contribution in [0.4, 0.5) is 0 Å². The van der Waals surface area contributed by atoms with Gasteiger partial charge in [-0.05, 0) is 25.1 Å². The monoisotopic (exact) mass is 204 g/mol. The van der Waals surface area contributed by atoms with Gasteiger partial charge in [0.15, 0.2) is 11.5 Å². The fraction of sp³-hybridized carbons (Fsp3) is 0.250. The van der Waals surface area contributed by atoms with Gasteiger partial charge in [0.1, 0.15) is 11.3 Å². The van der Waals surface area contributed by atoms with Gasteiger partial charge in [-0.25, -0.2) is 0 Å². The maximum absolute atomic E-state index is 11.1. The highest BCUT2D eigenvalue weighted by Gasteiger charge is 2.08. The predicted octanol–water partition coefficient (Wildman–Crippen LogP) is 3.03. The van der Waals surface area contributed by atoms with Crippen LogP contribution in [-0.2, 0) is 0 Å². The number of hydrogen-bond acceptors (Lipinski definition) is 3. The quantitative estimate of drug-likeness (QED) is 0.721. The lowest BCUT2D eigenvalue weighted by atomic mass is 10.2. The second-order valence-electron chi connectivity index (χ2n) is 3.30. The molecule has 0 amide bonds. The Hall–Kier alpha value is -1.77. The molecule has 15 heavy (non-hydrogen) atoms. The maximum atomic E-state index is 11.1. The van der Waals surface area contributed by atoms with Gasteiger partial charge in [0.25, 0.3) is 0 Å². The van der Waals surface area contributed by atoms with Crippen LogP contribution < -0.4 is 4.74 Å². The van der Waals surface area contributed by atoms with Crippen molar-refractivity contribution in [3.8, 4) is 5.75 Å². The highest BCUT2D eigenvalue weighted by atomic mass is 16.5. The second kappa shape index (κ2) is 3.77. The Balaban J connectivity index is 2.47. The summed E-state index contributed by atoms with van der Waals surface area (Å²) in [6.45, 7) is 4.03. The number of Topliss-reactive ketones (excluding diaryl/α,β-unsaturated/α-hetero) is 1. The van der Waals surface area contributed by atoms with Crippen molar-refractivity contribution in [1.29, 1.82) is 0 Å². The molecular formula is C12H12O3.